The molecule has 0 heterocycles. The van der Waals surface area contributed by atoms with E-state index < -0.39 is 0 Å². The zero-order valence-electron chi connectivity index (χ0n) is 8.14. The summed E-state index contributed by atoms with van der Waals surface area (Å²) in [6.07, 6.45) is 0.979. The van der Waals surface area contributed by atoms with Gasteiger partial charge in [-0.15, -0.1) is 0 Å². The van der Waals surface area contributed by atoms with Gasteiger partial charge in [0, 0.05) is 4.47 Å². The van der Waals surface area contributed by atoms with Crippen molar-refractivity contribution in [3.05, 3.63) is 21.1 Å². The van der Waals surface area contributed by atoms with Crippen molar-refractivity contribution in [2.75, 3.05) is 13.7 Å². The van der Waals surface area contributed by atoms with Crippen molar-refractivity contribution in [2.45, 2.75) is 13.3 Å². The first kappa shape index (κ1) is 11.9. The van der Waals surface area contributed by atoms with Crippen LogP contribution >= 0.6 is 31.9 Å². The minimum Gasteiger partial charge on any atom is -0.492 e. The van der Waals surface area contributed by atoms with E-state index in [-0.39, 0.29) is 0 Å². The lowest BCUT2D eigenvalue weighted by Crippen LogP contribution is -1.98. The Labute approximate surface area is 101 Å². The van der Waals surface area contributed by atoms with Crippen molar-refractivity contribution < 1.29 is 9.47 Å². The van der Waals surface area contributed by atoms with Gasteiger partial charge in [0.2, 0.25) is 0 Å². The van der Waals surface area contributed by atoms with Gasteiger partial charge in [0.15, 0.2) is 11.5 Å². The molecule has 0 atom stereocenters. The Balaban J connectivity index is 2.99. The molecule has 14 heavy (non-hydrogen) atoms. The molecule has 0 spiro atoms. The largest absolute Gasteiger partial charge is 0.492 e. The standard InChI is InChI=1S/C10H12Br2O2/c1-3-4-14-9-6-7(11)5-8(12)10(9)13-2/h5-6H,3-4H2,1-2H3. The van der Waals surface area contributed by atoms with Crippen LogP contribution in [0.1, 0.15) is 13.3 Å². The van der Waals surface area contributed by atoms with Crippen LogP contribution in [0.2, 0.25) is 0 Å². The smallest absolute Gasteiger partial charge is 0.174 e. The molecule has 0 aliphatic carbocycles. The predicted molar refractivity (Wildman–Crippen MR) is 64.2 cm³/mol. The summed E-state index contributed by atoms with van der Waals surface area (Å²) in [4.78, 5) is 0. The molecule has 0 aromatic heterocycles. The summed E-state index contributed by atoms with van der Waals surface area (Å²) in [5.41, 5.74) is 0. The Morgan fingerprint density at radius 1 is 1.29 bits per heavy atom. The molecule has 0 saturated heterocycles. The van der Waals surface area contributed by atoms with Crippen molar-refractivity contribution in [1.29, 1.82) is 0 Å². The van der Waals surface area contributed by atoms with E-state index in [2.05, 4.69) is 38.8 Å². The molecule has 0 saturated carbocycles. The fourth-order valence-corrected chi connectivity index (χ4v) is 2.40. The number of ether oxygens (including phenoxy) is 2. The lowest BCUT2D eigenvalue weighted by atomic mass is 10.3. The SMILES string of the molecule is CCCOc1cc(Br)cc(Br)c1OC. The van der Waals surface area contributed by atoms with E-state index in [1.807, 2.05) is 12.1 Å². The van der Waals surface area contributed by atoms with Crippen molar-refractivity contribution >= 4 is 31.9 Å². The van der Waals surface area contributed by atoms with Crippen LogP contribution in [0.25, 0.3) is 0 Å². The highest BCUT2D eigenvalue weighted by Crippen LogP contribution is 2.38. The molecule has 1 aromatic carbocycles. The maximum absolute atomic E-state index is 5.55. The summed E-state index contributed by atoms with van der Waals surface area (Å²) >= 11 is 6.82. The van der Waals surface area contributed by atoms with E-state index in [9.17, 15) is 0 Å². The molecule has 1 rings (SSSR count). The molecule has 0 fully saturated rings. The highest BCUT2D eigenvalue weighted by Gasteiger charge is 2.09. The zero-order chi connectivity index (χ0) is 10.6. The van der Waals surface area contributed by atoms with Crippen LogP contribution in [0.5, 0.6) is 11.5 Å². The third-order valence-corrected chi connectivity index (χ3v) is 2.69. The van der Waals surface area contributed by atoms with Crippen LogP contribution < -0.4 is 9.47 Å². The van der Waals surface area contributed by atoms with E-state index in [0.29, 0.717) is 6.61 Å². The molecular formula is C10H12Br2O2. The van der Waals surface area contributed by atoms with Crippen molar-refractivity contribution in [3.8, 4) is 11.5 Å². The number of rotatable bonds is 4. The molecule has 0 unspecified atom stereocenters. The van der Waals surface area contributed by atoms with Gasteiger partial charge in [-0.25, -0.2) is 0 Å². The zero-order valence-corrected chi connectivity index (χ0v) is 11.3. The molecule has 1 aromatic rings. The molecule has 0 radical (unpaired) electrons. The first-order valence-corrected chi connectivity index (χ1v) is 5.93. The van der Waals surface area contributed by atoms with Gasteiger partial charge in [-0.05, 0) is 34.5 Å². The Morgan fingerprint density at radius 3 is 2.57 bits per heavy atom. The molecule has 4 heteroatoms. The van der Waals surface area contributed by atoms with E-state index >= 15 is 0 Å². The van der Waals surface area contributed by atoms with Crippen LogP contribution in [0.3, 0.4) is 0 Å². The summed E-state index contributed by atoms with van der Waals surface area (Å²) in [6, 6.07) is 3.83. The second-order valence-electron chi connectivity index (χ2n) is 2.77. The third kappa shape index (κ3) is 2.89. The quantitative estimate of drug-likeness (QED) is 0.833. The molecule has 0 N–H and O–H groups in total. The Kier molecular flexibility index (Phi) is 4.75. The molecular weight excluding hydrogens is 312 g/mol. The van der Waals surface area contributed by atoms with E-state index in [1.54, 1.807) is 7.11 Å². The maximum Gasteiger partial charge on any atom is 0.174 e. The fourth-order valence-electron chi connectivity index (χ4n) is 1.05. The Morgan fingerprint density at radius 2 is 2.00 bits per heavy atom. The second kappa shape index (κ2) is 5.61. The number of methoxy groups -OCH3 is 1. The van der Waals surface area contributed by atoms with Gasteiger partial charge in [-0.3, -0.25) is 0 Å². The van der Waals surface area contributed by atoms with Crippen LogP contribution in [-0.2, 0) is 0 Å². The average molecular weight is 324 g/mol. The van der Waals surface area contributed by atoms with E-state index in [1.165, 1.54) is 0 Å². The number of halogens is 2. The van der Waals surface area contributed by atoms with Gasteiger partial charge >= 0.3 is 0 Å². The number of hydrogen-bond donors (Lipinski definition) is 0. The topological polar surface area (TPSA) is 18.5 Å². The van der Waals surface area contributed by atoms with Crippen LogP contribution in [0.4, 0.5) is 0 Å². The summed E-state index contributed by atoms with van der Waals surface area (Å²) in [5.74, 6) is 1.50. The number of hydrogen-bond acceptors (Lipinski definition) is 2. The molecule has 0 aliphatic rings. The van der Waals surface area contributed by atoms with Gasteiger partial charge in [-0.2, -0.15) is 0 Å². The van der Waals surface area contributed by atoms with Gasteiger partial charge in [0.25, 0.3) is 0 Å². The Bertz CT molecular complexity index is 313. The van der Waals surface area contributed by atoms with E-state index in [4.69, 9.17) is 9.47 Å². The average Bonchev–Trinajstić information content (AvgIpc) is 2.14. The van der Waals surface area contributed by atoms with Crippen molar-refractivity contribution in [2.24, 2.45) is 0 Å². The lowest BCUT2D eigenvalue weighted by molar-refractivity contribution is 0.293. The first-order valence-electron chi connectivity index (χ1n) is 4.34. The van der Waals surface area contributed by atoms with Gasteiger partial charge in [-0.1, -0.05) is 22.9 Å². The summed E-state index contributed by atoms with van der Waals surface area (Å²) < 4.78 is 12.6. The highest BCUT2D eigenvalue weighted by atomic mass is 79.9. The summed E-state index contributed by atoms with van der Waals surface area (Å²) in [5, 5.41) is 0. The minimum atomic E-state index is 0.694. The van der Waals surface area contributed by atoms with Crippen molar-refractivity contribution in [3.63, 3.8) is 0 Å². The normalized spacial score (nSPS) is 10.0. The second-order valence-corrected chi connectivity index (χ2v) is 4.54. The Hall–Kier alpha value is -0.220. The fraction of sp³-hybridized carbons (Fsp3) is 0.400. The molecule has 78 valence electrons. The first-order chi connectivity index (χ1) is 6.69. The highest BCUT2D eigenvalue weighted by molar-refractivity contribution is 9.11. The predicted octanol–water partition coefficient (Wildman–Crippen LogP) is 4.01. The van der Waals surface area contributed by atoms with Crippen LogP contribution in [0, 0.1) is 0 Å². The minimum absolute atomic E-state index is 0.694. The van der Waals surface area contributed by atoms with Gasteiger partial charge in [0.1, 0.15) is 0 Å². The van der Waals surface area contributed by atoms with E-state index in [0.717, 1.165) is 26.9 Å². The summed E-state index contributed by atoms with van der Waals surface area (Å²) in [7, 11) is 1.63. The molecule has 0 amide bonds. The van der Waals surface area contributed by atoms with Crippen LogP contribution in [-0.4, -0.2) is 13.7 Å². The lowest BCUT2D eigenvalue weighted by Gasteiger charge is -2.11. The monoisotopic (exact) mass is 322 g/mol. The van der Waals surface area contributed by atoms with Crippen LogP contribution in [0.15, 0.2) is 21.1 Å². The molecule has 0 aliphatic heterocycles. The van der Waals surface area contributed by atoms with Gasteiger partial charge in [0.05, 0.1) is 18.2 Å². The molecule has 2 nitrogen and oxygen atoms in total. The summed E-state index contributed by atoms with van der Waals surface area (Å²) in [6.45, 7) is 2.76. The van der Waals surface area contributed by atoms with Crippen molar-refractivity contribution in [1.82, 2.24) is 0 Å². The number of benzene rings is 1. The third-order valence-electron chi connectivity index (χ3n) is 1.64. The van der Waals surface area contributed by atoms with Gasteiger partial charge < -0.3 is 9.47 Å². The molecule has 0 bridgehead atoms. The maximum atomic E-state index is 5.55.